The van der Waals surface area contributed by atoms with Gasteiger partial charge in [0.25, 0.3) is 5.91 Å². The van der Waals surface area contributed by atoms with E-state index in [1.54, 1.807) is 12.1 Å². The van der Waals surface area contributed by atoms with Gasteiger partial charge in [0, 0.05) is 31.9 Å². The van der Waals surface area contributed by atoms with Gasteiger partial charge >= 0.3 is 6.09 Å². The Balaban J connectivity index is 1.71. The summed E-state index contributed by atoms with van der Waals surface area (Å²) in [6.07, 6.45) is 0.117. The van der Waals surface area contributed by atoms with Crippen LogP contribution in [0.3, 0.4) is 0 Å². The number of amides is 4. The molecule has 0 radical (unpaired) electrons. The van der Waals surface area contributed by atoms with Gasteiger partial charge in [-0.3, -0.25) is 19.2 Å². The Hall–Kier alpha value is -3.63. The van der Waals surface area contributed by atoms with Crippen LogP contribution in [0.4, 0.5) is 10.5 Å². The fourth-order valence-electron chi connectivity index (χ4n) is 4.76. The number of likely N-dealkylation sites (tertiary alicyclic amines) is 2. The Bertz CT molecular complexity index is 1010. The van der Waals surface area contributed by atoms with E-state index in [2.05, 4.69) is 15.4 Å². The summed E-state index contributed by atoms with van der Waals surface area (Å²) in [4.78, 5) is 68.2. The minimum Gasteiger partial charge on any atom is -0.453 e. The summed E-state index contributed by atoms with van der Waals surface area (Å²) in [5.74, 6) is -1.21. The molecule has 196 valence electrons. The highest BCUT2D eigenvalue weighted by Crippen LogP contribution is 2.30. The van der Waals surface area contributed by atoms with Crippen molar-refractivity contribution in [3.8, 4) is 0 Å². The number of hydrogen-bond donors (Lipinski definition) is 2. The Morgan fingerprint density at radius 3 is 2.36 bits per heavy atom. The van der Waals surface area contributed by atoms with Crippen LogP contribution in [0.1, 0.15) is 37.0 Å². The van der Waals surface area contributed by atoms with E-state index in [0.717, 1.165) is 5.69 Å². The first-order chi connectivity index (χ1) is 17.0. The van der Waals surface area contributed by atoms with E-state index in [0.29, 0.717) is 24.9 Å². The van der Waals surface area contributed by atoms with Crippen LogP contribution in [-0.2, 0) is 19.1 Å². The number of carbonyl (C=O) groups is 5. The molecule has 2 aliphatic rings. The number of anilines is 1. The minimum absolute atomic E-state index is 0.121. The Morgan fingerprint density at radius 2 is 1.78 bits per heavy atom. The van der Waals surface area contributed by atoms with E-state index in [4.69, 9.17) is 0 Å². The number of nitrogens with zero attached hydrogens (tertiary/aromatic N) is 3. The molecule has 2 N–H and O–H groups in total. The van der Waals surface area contributed by atoms with Gasteiger partial charge in [-0.2, -0.15) is 0 Å². The van der Waals surface area contributed by atoms with Crippen LogP contribution >= 0.6 is 0 Å². The molecule has 2 fully saturated rings. The molecule has 3 atom stereocenters. The first kappa shape index (κ1) is 27.0. The third kappa shape index (κ3) is 5.95. The van der Waals surface area contributed by atoms with Gasteiger partial charge in [0.1, 0.15) is 18.6 Å². The number of benzene rings is 1. The molecule has 0 aromatic heterocycles. The SMILES string of the molecule is COC(=O)NCC(=O)N1CC(=O)[C@@H]2[C@H]1CCN2C(=O)[C@H](CC(C)C)NC(=O)c1ccc(N(C)C)cc1. The molecule has 36 heavy (non-hydrogen) atoms. The second-order valence-electron chi connectivity index (χ2n) is 9.76. The van der Waals surface area contributed by atoms with Gasteiger partial charge in [0.15, 0.2) is 5.78 Å². The van der Waals surface area contributed by atoms with Gasteiger partial charge in [-0.25, -0.2) is 4.79 Å². The van der Waals surface area contributed by atoms with Crippen LogP contribution in [0.15, 0.2) is 24.3 Å². The maximum Gasteiger partial charge on any atom is 0.407 e. The molecular formula is C25H35N5O6. The quantitative estimate of drug-likeness (QED) is 0.535. The highest BCUT2D eigenvalue weighted by atomic mass is 16.5. The number of alkyl carbamates (subject to hydrolysis) is 1. The predicted octanol–water partition coefficient (Wildman–Crippen LogP) is 0.634. The second kappa shape index (κ2) is 11.4. The topological polar surface area (TPSA) is 128 Å². The predicted molar refractivity (Wildman–Crippen MR) is 133 cm³/mol. The summed E-state index contributed by atoms with van der Waals surface area (Å²) >= 11 is 0. The van der Waals surface area contributed by atoms with Crippen LogP contribution < -0.4 is 15.5 Å². The smallest absolute Gasteiger partial charge is 0.407 e. The van der Waals surface area contributed by atoms with Gasteiger partial charge in [-0.15, -0.1) is 0 Å². The van der Waals surface area contributed by atoms with Gasteiger partial charge in [-0.1, -0.05) is 13.8 Å². The average molecular weight is 502 g/mol. The van der Waals surface area contributed by atoms with Gasteiger partial charge in [0.05, 0.1) is 19.7 Å². The summed E-state index contributed by atoms with van der Waals surface area (Å²) in [5.41, 5.74) is 1.39. The highest BCUT2D eigenvalue weighted by Gasteiger charge is 2.52. The third-order valence-electron chi connectivity index (χ3n) is 6.55. The standard InChI is InChI=1S/C25H35N5O6/c1-15(2)12-18(27-23(33)16-6-8-17(9-7-16)28(3)4)24(34)29-11-10-19-22(29)20(31)14-30(19)21(32)13-26-25(35)36-5/h6-9,15,18-19,22H,10-14H2,1-5H3,(H,26,35)(H,27,33)/t18-,19+,22-/m0/s1. The molecule has 1 aromatic rings. The molecule has 0 bridgehead atoms. The lowest BCUT2D eigenvalue weighted by atomic mass is 10.0. The molecule has 0 saturated carbocycles. The maximum absolute atomic E-state index is 13.6. The van der Waals surface area contributed by atoms with Crippen molar-refractivity contribution in [1.29, 1.82) is 0 Å². The second-order valence-corrected chi connectivity index (χ2v) is 9.76. The molecule has 0 spiro atoms. The van der Waals surface area contributed by atoms with Crippen molar-refractivity contribution in [2.75, 3.05) is 45.7 Å². The van der Waals surface area contributed by atoms with Crippen LogP contribution in [0.25, 0.3) is 0 Å². The van der Waals surface area contributed by atoms with E-state index >= 15 is 0 Å². The Labute approximate surface area is 211 Å². The van der Waals surface area contributed by atoms with E-state index in [1.807, 2.05) is 45.0 Å². The van der Waals surface area contributed by atoms with Crippen molar-refractivity contribution in [3.05, 3.63) is 29.8 Å². The number of Topliss-reactive ketones (excluding diaryl/α,β-unsaturated/α-hetero) is 1. The van der Waals surface area contributed by atoms with Crippen LogP contribution in [0.2, 0.25) is 0 Å². The number of methoxy groups -OCH3 is 1. The number of carbonyl (C=O) groups excluding carboxylic acids is 5. The molecule has 0 aliphatic carbocycles. The normalized spacial score (nSPS) is 19.7. The number of hydrogen-bond acceptors (Lipinski definition) is 7. The van der Waals surface area contributed by atoms with E-state index in [9.17, 15) is 24.0 Å². The maximum atomic E-state index is 13.6. The molecule has 2 aliphatic heterocycles. The molecule has 11 nitrogen and oxygen atoms in total. The zero-order valence-corrected chi connectivity index (χ0v) is 21.4. The molecular weight excluding hydrogens is 466 g/mol. The summed E-state index contributed by atoms with van der Waals surface area (Å²) in [6, 6.07) is 5.06. The first-order valence-electron chi connectivity index (χ1n) is 12.1. The van der Waals surface area contributed by atoms with Crippen molar-refractivity contribution < 1.29 is 28.7 Å². The fourth-order valence-corrected chi connectivity index (χ4v) is 4.76. The van der Waals surface area contributed by atoms with Gasteiger partial charge in [-0.05, 0) is 43.0 Å². The molecule has 2 heterocycles. The van der Waals surface area contributed by atoms with Crippen molar-refractivity contribution in [2.24, 2.45) is 5.92 Å². The van der Waals surface area contributed by atoms with E-state index < -0.39 is 30.1 Å². The lowest BCUT2D eigenvalue weighted by Gasteiger charge is -2.29. The van der Waals surface area contributed by atoms with Crippen molar-refractivity contribution in [1.82, 2.24) is 20.4 Å². The third-order valence-corrected chi connectivity index (χ3v) is 6.55. The number of fused-ring (bicyclic) bond motifs is 1. The molecule has 1 aromatic carbocycles. The van der Waals surface area contributed by atoms with Gasteiger partial charge < -0.3 is 30.1 Å². The average Bonchev–Trinajstić information content (AvgIpc) is 3.42. The van der Waals surface area contributed by atoms with E-state index in [1.165, 1.54) is 16.9 Å². The van der Waals surface area contributed by atoms with Crippen LogP contribution in [0, 0.1) is 5.92 Å². The zero-order chi connectivity index (χ0) is 26.6. The van der Waals surface area contributed by atoms with Crippen molar-refractivity contribution in [2.45, 2.75) is 44.8 Å². The molecule has 3 rings (SSSR count). The first-order valence-corrected chi connectivity index (χ1v) is 12.1. The van der Waals surface area contributed by atoms with Crippen molar-refractivity contribution >= 4 is 35.3 Å². The molecule has 11 heteroatoms. The molecule has 0 unspecified atom stereocenters. The van der Waals surface area contributed by atoms with Crippen LogP contribution in [0.5, 0.6) is 0 Å². The lowest BCUT2D eigenvalue weighted by molar-refractivity contribution is -0.138. The zero-order valence-electron chi connectivity index (χ0n) is 21.4. The molecule has 4 amide bonds. The summed E-state index contributed by atoms with van der Waals surface area (Å²) in [5, 5.41) is 5.19. The summed E-state index contributed by atoms with van der Waals surface area (Å²) < 4.78 is 4.48. The number of ketones is 1. The number of ether oxygens (including phenoxy) is 1. The Morgan fingerprint density at radius 1 is 1.11 bits per heavy atom. The van der Waals surface area contributed by atoms with Gasteiger partial charge in [0.2, 0.25) is 11.8 Å². The Kier molecular flexibility index (Phi) is 8.54. The summed E-state index contributed by atoms with van der Waals surface area (Å²) in [6.45, 7) is 3.80. The van der Waals surface area contributed by atoms with Crippen LogP contribution in [-0.4, -0.2) is 98.4 Å². The highest BCUT2D eigenvalue weighted by molar-refractivity contribution is 6.01. The van der Waals surface area contributed by atoms with Crippen molar-refractivity contribution in [3.63, 3.8) is 0 Å². The minimum atomic E-state index is -0.802. The molecule has 2 saturated heterocycles. The van der Waals surface area contributed by atoms with E-state index in [-0.39, 0.29) is 36.6 Å². The fraction of sp³-hybridized carbons (Fsp3) is 0.560. The lowest BCUT2D eigenvalue weighted by Crippen LogP contribution is -2.53. The number of nitrogens with one attached hydrogen (secondary N) is 2. The number of rotatable bonds is 8. The summed E-state index contributed by atoms with van der Waals surface area (Å²) in [7, 11) is 5.01. The largest absolute Gasteiger partial charge is 0.453 e. The monoisotopic (exact) mass is 501 g/mol.